The van der Waals surface area contributed by atoms with E-state index >= 15 is 0 Å². The van der Waals surface area contributed by atoms with E-state index in [-0.39, 0.29) is 44.0 Å². The van der Waals surface area contributed by atoms with Crippen LogP contribution in [0.5, 0.6) is 0 Å². The zero-order valence-electron chi connectivity index (χ0n) is 44.8. The highest BCUT2D eigenvalue weighted by Gasteiger charge is 2.76. The van der Waals surface area contributed by atoms with Crippen LogP contribution >= 0.6 is 0 Å². The van der Waals surface area contributed by atoms with Crippen LogP contribution in [-0.4, -0.2) is 225 Å². The molecule has 9 N–H and O–H groups in total. The zero-order chi connectivity index (χ0) is 54.3. The number of hydrogen-bond donors (Lipinski definition) is 9. The van der Waals surface area contributed by atoms with Crippen molar-refractivity contribution in [3.63, 3.8) is 0 Å². The smallest absolute Gasteiger partial charge is 0.187 e. The summed E-state index contributed by atoms with van der Waals surface area (Å²) in [6.07, 6.45) is -14.5. The molecule has 0 unspecified atom stereocenters. The Balaban J connectivity index is 0.737. The van der Waals surface area contributed by atoms with Gasteiger partial charge in [-0.25, -0.2) is 0 Å². The second kappa shape index (κ2) is 22.5. The number of fused-ring (bicyclic) bond motifs is 5. The molecular formula is C53H86O22. The van der Waals surface area contributed by atoms with Crippen molar-refractivity contribution in [3.8, 4) is 0 Å². The minimum atomic E-state index is -1.62. The Hall–Kier alpha value is -1.43. The third-order valence-corrected chi connectivity index (χ3v) is 19.5. The second-order valence-electron chi connectivity index (χ2n) is 23.7. The average Bonchev–Trinajstić information content (AvgIpc) is 3.67. The van der Waals surface area contributed by atoms with Crippen molar-refractivity contribution in [1.29, 1.82) is 0 Å². The highest BCUT2D eigenvalue weighted by atomic mass is 16.8. The van der Waals surface area contributed by atoms with E-state index in [1.165, 1.54) is 14.0 Å². The number of Topliss-reactive ketones (excluding diaryl/α,β-unsaturated/α-hetero) is 1. The normalized spacial score (nSPS) is 54.3. The molecule has 5 aliphatic heterocycles. The van der Waals surface area contributed by atoms with Gasteiger partial charge in [-0.2, -0.15) is 0 Å². The van der Waals surface area contributed by atoms with Crippen molar-refractivity contribution < 1.29 is 108 Å². The first-order valence-electron chi connectivity index (χ1n) is 27.3. The van der Waals surface area contributed by atoms with Gasteiger partial charge in [0, 0.05) is 57.2 Å². The lowest BCUT2D eigenvalue weighted by Crippen LogP contribution is -2.75. The van der Waals surface area contributed by atoms with Gasteiger partial charge in [0.2, 0.25) is 0 Å². The summed E-state index contributed by atoms with van der Waals surface area (Å²) in [6, 6.07) is 0. The number of methoxy groups -OCH3 is 2. The first-order valence-corrected chi connectivity index (χ1v) is 27.3. The van der Waals surface area contributed by atoms with E-state index in [9.17, 15) is 50.8 Å². The first kappa shape index (κ1) is 58.2. The fraction of sp³-hybridized carbons (Fsp3) is 0.943. The van der Waals surface area contributed by atoms with Crippen LogP contribution in [0.25, 0.3) is 0 Å². The molecule has 5 heterocycles. The van der Waals surface area contributed by atoms with Crippen LogP contribution in [0.3, 0.4) is 0 Å². The van der Waals surface area contributed by atoms with Crippen LogP contribution in [0.15, 0.2) is 11.6 Å². The van der Waals surface area contributed by atoms with Crippen molar-refractivity contribution in [2.24, 2.45) is 22.7 Å². The van der Waals surface area contributed by atoms with Crippen LogP contribution in [0, 0.1) is 22.7 Å². The molecule has 3 saturated carbocycles. The number of aliphatic hydroxyl groups is 9. The number of carbonyl (C=O) groups excluding carboxylic acids is 1. The fourth-order valence-corrected chi connectivity index (χ4v) is 15.1. The lowest BCUT2D eigenvalue weighted by atomic mass is 9.43. The van der Waals surface area contributed by atoms with Gasteiger partial charge >= 0.3 is 0 Å². The molecule has 0 aromatic heterocycles. The highest BCUT2D eigenvalue weighted by molar-refractivity contribution is 5.80. The maximum atomic E-state index is 12.7. The Morgan fingerprint density at radius 2 is 1.15 bits per heavy atom. The van der Waals surface area contributed by atoms with E-state index in [2.05, 4.69) is 13.0 Å². The van der Waals surface area contributed by atoms with Crippen LogP contribution < -0.4 is 0 Å². The molecule has 9 aliphatic rings. The van der Waals surface area contributed by atoms with Gasteiger partial charge in [-0.3, -0.25) is 4.79 Å². The van der Waals surface area contributed by atoms with Gasteiger partial charge in [-0.05, 0) is 85.0 Å². The quantitative estimate of drug-likeness (QED) is 0.106. The number of rotatable bonds is 14. The summed E-state index contributed by atoms with van der Waals surface area (Å²) in [4.78, 5) is 12.7. The highest BCUT2D eigenvalue weighted by Crippen LogP contribution is 2.69. The Labute approximate surface area is 439 Å². The Bertz CT molecular complexity index is 1970. The van der Waals surface area contributed by atoms with Crippen LogP contribution in [0.4, 0.5) is 0 Å². The standard InChI is InChI=1S/C53H86O22/c1-23(55)30-12-15-53(63)51(30,7)37(58)21-36-50(6)13-11-29(16-28(50)10-14-52(36,53)62)70-40-19-33(64-8)47(26(4)68-40)74-39-18-32(57)45(24(2)67-39)72-38-17-31(56)46(25(3)66-38)73-41-20-34(65-9)48(27(5)69-41)75-49-44(61)43(60)42(59)35(22-54)71-49/h10,24-27,29-49,54,56-63H,11-22H2,1-9H3/t24-,25-,26-,27-,29+,30+,31+,32+,33+,34-,35-,36-,37-,38+,39+,40+,41+,42-,43+,44-,45-,46-,47-,48-,49+,50+,51+,52+,53-/m1/s1. The molecule has 0 aromatic rings. The lowest BCUT2D eigenvalue weighted by Gasteiger charge is -2.66. The molecular weight excluding hydrogens is 989 g/mol. The van der Waals surface area contributed by atoms with E-state index in [1.807, 2.05) is 6.92 Å². The monoisotopic (exact) mass is 1070 g/mol. The number of hydrogen-bond acceptors (Lipinski definition) is 22. The number of ether oxygens (including phenoxy) is 12. The van der Waals surface area contributed by atoms with Crippen LogP contribution in [-0.2, 0) is 61.6 Å². The van der Waals surface area contributed by atoms with Crippen molar-refractivity contribution in [2.45, 2.75) is 272 Å². The summed E-state index contributed by atoms with van der Waals surface area (Å²) in [5.41, 5.74) is -3.59. The maximum Gasteiger partial charge on any atom is 0.187 e. The van der Waals surface area contributed by atoms with Gasteiger partial charge in [0.25, 0.3) is 0 Å². The summed E-state index contributed by atoms with van der Waals surface area (Å²) in [5, 5.41) is 100. The minimum Gasteiger partial charge on any atom is -0.394 e. The summed E-state index contributed by atoms with van der Waals surface area (Å²) in [5.74, 6) is -0.999. The van der Waals surface area contributed by atoms with E-state index in [4.69, 9.17) is 56.8 Å². The number of carbonyl (C=O) groups is 1. The van der Waals surface area contributed by atoms with Gasteiger partial charge in [0.05, 0.1) is 67.6 Å². The summed E-state index contributed by atoms with van der Waals surface area (Å²) in [7, 11) is 3.08. The van der Waals surface area contributed by atoms with Gasteiger partial charge in [0.15, 0.2) is 31.5 Å². The molecule has 0 amide bonds. The molecule has 430 valence electrons. The maximum absolute atomic E-state index is 12.7. The number of ketones is 1. The Morgan fingerprint density at radius 1 is 0.640 bits per heavy atom. The third kappa shape index (κ3) is 10.4. The van der Waals surface area contributed by atoms with Gasteiger partial charge in [0.1, 0.15) is 65.8 Å². The molecule has 75 heavy (non-hydrogen) atoms. The van der Waals surface area contributed by atoms with E-state index in [0.717, 1.165) is 5.57 Å². The Morgan fingerprint density at radius 3 is 1.67 bits per heavy atom. The van der Waals surface area contributed by atoms with Crippen molar-refractivity contribution in [2.75, 3.05) is 20.8 Å². The van der Waals surface area contributed by atoms with Gasteiger partial charge < -0.3 is 103 Å². The van der Waals surface area contributed by atoms with Crippen molar-refractivity contribution in [1.82, 2.24) is 0 Å². The van der Waals surface area contributed by atoms with Crippen molar-refractivity contribution >= 4 is 5.78 Å². The molecule has 22 nitrogen and oxygen atoms in total. The van der Waals surface area contributed by atoms with Crippen molar-refractivity contribution in [3.05, 3.63) is 11.6 Å². The molecule has 8 fully saturated rings. The molecule has 4 aliphatic carbocycles. The molecule has 9 rings (SSSR count). The van der Waals surface area contributed by atoms with Gasteiger partial charge in [-0.1, -0.05) is 25.5 Å². The van der Waals surface area contributed by atoms with E-state index < -0.39 is 176 Å². The van der Waals surface area contributed by atoms with E-state index in [0.29, 0.717) is 38.5 Å². The summed E-state index contributed by atoms with van der Waals surface area (Å²) in [6.45, 7) is 11.9. The topological polar surface area (TPSA) is 310 Å². The summed E-state index contributed by atoms with van der Waals surface area (Å²) >= 11 is 0. The zero-order valence-corrected chi connectivity index (χ0v) is 44.8. The molecule has 5 saturated heterocycles. The summed E-state index contributed by atoms with van der Waals surface area (Å²) < 4.78 is 74.0. The third-order valence-electron chi connectivity index (χ3n) is 19.5. The predicted octanol–water partition coefficient (Wildman–Crippen LogP) is 0.372. The number of aliphatic hydroxyl groups excluding tert-OH is 7. The Kier molecular flexibility index (Phi) is 17.5. The van der Waals surface area contributed by atoms with Crippen LogP contribution in [0.1, 0.15) is 119 Å². The average molecular weight is 1080 g/mol. The fourth-order valence-electron chi connectivity index (χ4n) is 15.1. The molecule has 29 atom stereocenters. The minimum absolute atomic E-state index is 0.0125. The molecule has 0 radical (unpaired) electrons. The SMILES string of the molecule is CO[C@H]1C[C@H](O[C@H]2CC[C@@]3(C)C(=CC[C@]4(O)[C@@H]3C[C@@H](O)[C@]3(C)[C@H](C(C)=O)CC[C@@]34O)C2)O[C@H](C)[C@H]1O[C@H]1C[C@H](O)[C@H](O[C@H]2C[C@H](O)[C@H](O[C@H]3C[C@@H](OC)[C@H](O[C@@H]4O[C@H](CO)[C@@H](O)[C@H](O)[C@H]4O)[C@@H](C)O3)[C@@H](C)O2)[C@@H](C)O1. The largest absolute Gasteiger partial charge is 0.394 e. The molecule has 22 heteroatoms. The molecule has 0 spiro atoms. The van der Waals surface area contributed by atoms with Crippen LogP contribution in [0.2, 0.25) is 0 Å². The first-order chi connectivity index (χ1) is 35.4. The predicted molar refractivity (Wildman–Crippen MR) is 258 cm³/mol. The van der Waals surface area contributed by atoms with Gasteiger partial charge in [-0.15, -0.1) is 0 Å². The molecule has 0 bridgehead atoms. The second-order valence-corrected chi connectivity index (χ2v) is 23.7. The molecule has 0 aromatic carbocycles. The lowest BCUT2D eigenvalue weighted by molar-refractivity contribution is -0.357. The van der Waals surface area contributed by atoms with E-state index in [1.54, 1.807) is 34.8 Å².